The Morgan fingerprint density at radius 2 is 2.08 bits per heavy atom. The van der Waals surface area contributed by atoms with Crippen LogP contribution < -0.4 is 4.74 Å². The number of amides is 1. The van der Waals surface area contributed by atoms with Gasteiger partial charge in [0.2, 0.25) is 0 Å². The molecule has 25 heavy (non-hydrogen) atoms. The molecule has 6 nitrogen and oxygen atoms in total. The molecular formula is C19H24N4O2. The molecule has 1 atom stereocenters. The molecule has 1 amide bonds. The predicted molar refractivity (Wildman–Crippen MR) is 95.0 cm³/mol. The first-order chi connectivity index (χ1) is 12.2. The molecule has 1 aliphatic heterocycles. The SMILES string of the molecule is CN(Cc1cccnc1)CC1CCN(C(=O)COc2cccnc2)C1. The number of likely N-dealkylation sites (tertiary alicyclic amines) is 1. The van der Waals surface area contributed by atoms with Gasteiger partial charge >= 0.3 is 0 Å². The molecule has 1 saturated heterocycles. The minimum atomic E-state index is 0.0428. The van der Waals surface area contributed by atoms with E-state index >= 15 is 0 Å². The van der Waals surface area contributed by atoms with Gasteiger partial charge in [0.15, 0.2) is 6.61 Å². The van der Waals surface area contributed by atoms with E-state index in [9.17, 15) is 4.79 Å². The van der Waals surface area contributed by atoms with Gasteiger partial charge in [-0.3, -0.25) is 14.8 Å². The van der Waals surface area contributed by atoms with Crippen molar-refractivity contribution >= 4 is 5.91 Å². The van der Waals surface area contributed by atoms with E-state index in [2.05, 4.69) is 28.0 Å². The topological polar surface area (TPSA) is 58.6 Å². The zero-order chi connectivity index (χ0) is 17.5. The highest BCUT2D eigenvalue weighted by molar-refractivity contribution is 5.78. The van der Waals surface area contributed by atoms with Crippen molar-refractivity contribution in [3.63, 3.8) is 0 Å². The summed E-state index contributed by atoms with van der Waals surface area (Å²) in [7, 11) is 2.11. The van der Waals surface area contributed by atoms with E-state index in [1.54, 1.807) is 30.7 Å². The van der Waals surface area contributed by atoms with E-state index in [1.807, 2.05) is 17.2 Å². The Morgan fingerprint density at radius 3 is 2.80 bits per heavy atom. The highest BCUT2D eigenvalue weighted by atomic mass is 16.5. The Labute approximate surface area is 148 Å². The Kier molecular flexibility index (Phi) is 5.95. The number of carbonyl (C=O) groups excluding carboxylic acids is 1. The van der Waals surface area contributed by atoms with Gasteiger partial charge in [-0.25, -0.2) is 0 Å². The number of ether oxygens (including phenoxy) is 1. The van der Waals surface area contributed by atoms with Crippen molar-refractivity contribution in [1.82, 2.24) is 19.8 Å². The molecule has 3 rings (SSSR count). The third-order valence-corrected chi connectivity index (χ3v) is 4.38. The molecule has 0 N–H and O–H groups in total. The number of hydrogen-bond acceptors (Lipinski definition) is 5. The van der Waals surface area contributed by atoms with Crippen LogP contribution in [0.15, 0.2) is 49.1 Å². The third-order valence-electron chi connectivity index (χ3n) is 4.38. The second-order valence-electron chi connectivity index (χ2n) is 6.53. The van der Waals surface area contributed by atoms with Crippen molar-refractivity contribution in [1.29, 1.82) is 0 Å². The standard InChI is InChI=1S/C19H24N4O2/c1-22(12-16-4-2-7-20-10-16)13-17-6-9-23(14-17)19(24)15-25-18-5-3-8-21-11-18/h2-5,7-8,10-11,17H,6,9,12-15H2,1H3. The summed E-state index contributed by atoms with van der Waals surface area (Å²) in [6, 6.07) is 7.65. The number of aromatic nitrogens is 2. The highest BCUT2D eigenvalue weighted by Gasteiger charge is 2.27. The van der Waals surface area contributed by atoms with Crippen molar-refractivity contribution in [2.24, 2.45) is 5.92 Å². The van der Waals surface area contributed by atoms with E-state index in [0.29, 0.717) is 11.7 Å². The monoisotopic (exact) mass is 340 g/mol. The Bertz CT molecular complexity index is 666. The molecule has 6 heteroatoms. The lowest BCUT2D eigenvalue weighted by Crippen LogP contribution is -2.34. The van der Waals surface area contributed by atoms with Crippen LogP contribution in [0.2, 0.25) is 0 Å². The average molecular weight is 340 g/mol. The first-order valence-corrected chi connectivity index (χ1v) is 8.59. The zero-order valence-electron chi connectivity index (χ0n) is 14.5. The second kappa shape index (κ2) is 8.58. The smallest absolute Gasteiger partial charge is 0.260 e. The van der Waals surface area contributed by atoms with Crippen LogP contribution in [0.4, 0.5) is 0 Å². The lowest BCUT2D eigenvalue weighted by Gasteiger charge is -2.21. The van der Waals surface area contributed by atoms with Crippen LogP contribution in [0.25, 0.3) is 0 Å². The molecule has 2 aromatic rings. The molecule has 0 aromatic carbocycles. The fourth-order valence-corrected chi connectivity index (χ4v) is 3.19. The van der Waals surface area contributed by atoms with E-state index in [0.717, 1.165) is 32.6 Å². The number of hydrogen-bond donors (Lipinski definition) is 0. The van der Waals surface area contributed by atoms with Crippen molar-refractivity contribution in [3.05, 3.63) is 54.6 Å². The summed E-state index contributed by atoms with van der Waals surface area (Å²) in [6.07, 6.45) is 8.03. The molecule has 3 heterocycles. The Morgan fingerprint density at radius 1 is 1.28 bits per heavy atom. The molecule has 132 valence electrons. The zero-order valence-corrected chi connectivity index (χ0v) is 14.5. The molecule has 1 aliphatic rings. The Balaban J connectivity index is 1.41. The number of nitrogens with zero attached hydrogens (tertiary/aromatic N) is 4. The minimum Gasteiger partial charge on any atom is -0.482 e. The number of carbonyl (C=O) groups is 1. The van der Waals surface area contributed by atoms with Gasteiger partial charge in [0.1, 0.15) is 5.75 Å². The number of pyridine rings is 2. The largest absolute Gasteiger partial charge is 0.482 e. The minimum absolute atomic E-state index is 0.0428. The van der Waals surface area contributed by atoms with Gasteiger partial charge in [0, 0.05) is 44.8 Å². The molecule has 0 spiro atoms. The fourth-order valence-electron chi connectivity index (χ4n) is 3.19. The summed E-state index contributed by atoms with van der Waals surface area (Å²) in [4.78, 5) is 24.6. The van der Waals surface area contributed by atoms with Gasteiger partial charge in [-0.2, -0.15) is 0 Å². The van der Waals surface area contributed by atoms with Gasteiger partial charge in [0.05, 0.1) is 6.20 Å². The summed E-state index contributed by atoms with van der Waals surface area (Å²) in [5, 5.41) is 0. The van der Waals surface area contributed by atoms with E-state index < -0.39 is 0 Å². The van der Waals surface area contributed by atoms with Crippen molar-refractivity contribution < 1.29 is 9.53 Å². The highest BCUT2D eigenvalue weighted by Crippen LogP contribution is 2.18. The van der Waals surface area contributed by atoms with Crippen LogP contribution >= 0.6 is 0 Å². The van der Waals surface area contributed by atoms with Gasteiger partial charge < -0.3 is 14.5 Å². The van der Waals surface area contributed by atoms with Gasteiger partial charge in [0.25, 0.3) is 5.91 Å². The lowest BCUT2D eigenvalue weighted by molar-refractivity contribution is -0.132. The second-order valence-corrected chi connectivity index (χ2v) is 6.53. The van der Waals surface area contributed by atoms with Crippen LogP contribution in [0, 0.1) is 5.92 Å². The molecular weight excluding hydrogens is 316 g/mol. The van der Waals surface area contributed by atoms with E-state index in [1.165, 1.54) is 5.56 Å². The van der Waals surface area contributed by atoms with E-state index in [-0.39, 0.29) is 12.5 Å². The van der Waals surface area contributed by atoms with Crippen LogP contribution in [0.5, 0.6) is 5.75 Å². The summed E-state index contributed by atoms with van der Waals surface area (Å²) < 4.78 is 5.50. The maximum Gasteiger partial charge on any atom is 0.260 e. The summed E-state index contributed by atoms with van der Waals surface area (Å²) in [5.41, 5.74) is 1.21. The van der Waals surface area contributed by atoms with Gasteiger partial charge in [-0.05, 0) is 43.1 Å². The maximum absolute atomic E-state index is 12.3. The summed E-state index contributed by atoms with van der Waals surface area (Å²) >= 11 is 0. The molecule has 0 saturated carbocycles. The molecule has 1 unspecified atom stereocenters. The van der Waals surface area contributed by atoms with Crippen LogP contribution in [0.3, 0.4) is 0 Å². The molecule has 0 radical (unpaired) electrons. The van der Waals surface area contributed by atoms with Crippen molar-refractivity contribution in [3.8, 4) is 5.75 Å². The number of rotatable bonds is 7. The first kappa shape index (κ1) is 17.4. The molecule has 0 aliphatic carbocycles. The summed E-state index contributed by atoms with van der Waals surface area (Å²) in [5.74, 6) is 1.17. The fraction of sp³-hybridized carbons (Fsp3) is 0.421. The van der Waals surface area contributed by atoms with Crippen LogP contribution in [-0.4, -0.2) is 59.0 Å². The van der Waals surface area contributed by atoms with Gasteiger partial charge in [-0.1, -0.05) is 6.07 Å². The first-order valence-electron chi connectivity index (χ1n) is 8.59. The molecule has 2 aromatic heterocycles. The maximum atomic E-state index is 12.3. The molecule has 1 fully saturated rings. The normalized spacial score (nSPS) is 17.0. The Hall–Kier alpha value is -2.47. The third kappa shape index (κ3) is 5.26. The average Bonchev–Trinajstić information content (AvgIpc) is 3.10. The van der Waals surface area contributed by atoms with Crippen molar-refractivity contribution in [2.75, 3.05) is 33.3 Å². The van der Waals surface area contributed by atoms with E-state index in [4.69, 9.17) is 4.74 Å². The molecule has 0 bridgehead atoms. The predicted octanol–water partition coefficient (Wildman–Crippen LogP) is 1.84. The van der Waals surface area contributed by atoms with Crippen LogP contribution in [0.1, 0.15) is 12.0 Å². The summed E-state index contributed by atoms with van der Waals surface area (Å²) in [6.45, 7) is 3.53. The quantitative estimate of drug-likeness (QED) is 0.770. The van der Waals surface area contributed by atoms with Crippen molar-refractivity contribution in [2.45, 2.75) is 13.0 Å². The van der Waals surface area contributed by atoms with Crippen LogP contribution in [-0.2, 0) is 11.3 Å². The lowest BCUT2D eigenvalue weighted by atomic mass is 10.1. The van der Waals surface area contributed by atoms with Gasteiger partial charge in [-0.15, -0.1) is 0 Å².